The van der Waals surface area contributed by atoms with Crippen LogP contribution in [0.4, 0.5) is 0 Å². The molecule has 1 aromatic heterocycles. The zero-order chi connectivity index (χ0) is 13.4. The number of pyridine rings is 1. The van der Waals surface area contributed by atoms with Crippen LogP contribution >= 0.6 is 15.9 Å². The van der Waals surface area contributed by atoms with Crippen LogP contribution in [-0.2, 0) is 0 Å². The Morgan fingerprint density at radius 2 is 1.68 bits per heavy atom. The smallest absolute Gasteiger partial charge is 0.0750 e. The Bertz CT molecular complexity index is 748. The van der Waals surface area contributed by atoms with E-state index in [4.69, 9.17) is 4.98 Å². The van der Waals surface area contributed by atoms with Gasteiger partial charge in [0.05, 0.1) is 11.2 Å². The Hall–Kier alpha value is -1.67. The van der Waals surface area contributed by atoms with E-state index in [2.05, 4.69) is 60.1 Å². The van der Waals surface area contributed by atoms with Crippen LogP contribution in [-0.4, -0.2) is 4.98 Å². The largest absolute Gasteiger partial charge is 0.247 e. The lowest BCUT2D eigenvalue weighted by Gasteiger charge is -2.09. The number of hydrogen-bond donors (Lipinski definition) is 0. The summed E-state index contributed by atoms with van der Waals surface area (Å²) in [6.45, 7) is 4.23. The molecule has 0 amide bonds. The summed E-state index contributed by atoms with van der Waals surface area (Å²) in [7, 11) is 0. The molecule has 0 bridgehead atoms. The highest BCUT2D eigenvalue weighted by Crippen LogP contribution is 2.30. The van der Waals surface area contributed by atoms with E-state index in [1.165, 1.54) is 16.5 Å². The highest BCUT2D eigenvalue weighted by atomic mass is 79.9. The van der Waals surface area contributed by atoms with E-state index in [-0.39, 0.29) is 0 Å². The lowest BCUT2D eigenvalue weighted by Crippen LogP contribution is -1.90. The third kappa shape index (κ3) is 2.28. The fourth-order valence-electron chi connectivity index (χ4n) is 2.40. The molecule has 1 nitrogen and oxygen atoms in total. The summed E-state index contributed by atoms with van der Waals surface area (Å²) >= 11 is 3.67. The Kier molecular flexibility index (Phi) is 3.11. The molecule has 3 rings (SSSR count). The van der Waals surface area contributed by atoms with Gasteiger partial charge < -0.3 is 0 Å². The van der Waals surface area contributed by atoms with Crippen molar-refractivity contribution in [3.05, 3.63) is 64.1 Å². The Labute approximate surface area is 121 Å². The number of rotatable bonds is 1. The second-order valence-corrected chi connectivity index (χ2v) is 5.69. The van der Waals surface area contributed by atoms with Gasteiger partial charge in [-0.05, 0) is 31.5 Å². The van der Waals surface area contributed by atoms with Crippen molar-refractivity contribution in [2.75, 3.05) is 0 Å². The van der Waals surface area contributed by atoms with Gasteiger partial charge in [-0.1, -0.05) is 57.9 Å². The number of fused-ring (bicyclic) bond motifs is 1. The van der Waals surface area contributed by atoms with Crippen LogP contribution in [0.5, 0.6) is 0 Å². The first kappa shape index (κ1) is 12.4. The quantitative estimate of drug-likeness (QED) is 0.595. The number of nitrogens with zero attached hydrogens (tertiary/aromatic N) is 1. The van der Waals surface area contributed by atoms with Gasteiger partial charge in [0.15, 0.2) is 0 Å². The zero-order valence-electron chi connectivity index (χ0n) is 10.9. The summed E-state index contributed by atoms with van der Waals surface area (Å²) in [4.78, 5) is 4.82. The molecule has 0 aliphatic carbocycles. The minimum Gasteiger partial charge on any atom is -0.247 e. The number of hydrogen-bond acceptors (Lipinski definition) is 1. The van der Waals surface area contributed by atoms with E-state index in [1.807, 2.05) is 18.2 Å². The van der Waals surface area contributed by atoms with Gasteiger partial charge >= 0.3 is 0 Å². The van der Waals surface area contributed by atoms with Crippen LogP contribution in [0.3, 0.4) is 0 Å². The second kappa shape index (κ2) is 4.78. The standard InChI is InChI=1S/C17H14BrN/c1-11-8-12(2)17-14(9-11)15(18)10-16(19-17)13-6-4-3-5-7-13/h3-10H,1-2H3. The molecule has 0 atom stereocenters. The zero-order valence-corrected chi connectivity index (χ0v) is 12.5. The van der Waals surface area contributed by atoms with Gasteiger partial charge in [0.1, 0.15) is 0 Å². The van der Waals surface area contributed by atoms with E-state index >= 15 is 0 Å². The first-order valence-corrected chi connectivity index (χ1v) is 7.07. The van der Waals surface area contributed by atoms with Crippen LogP contribution in [0, 0.1) is 13.8 Å². The van der Waals surface area contributed by atoms with Gasteiger partial charge in [-0.2, -0.15) is 0 Å². The molecular formula is C17H14BrN. The lowest BCUT2D eigenvalue weighted by atomic mass is 10.0. The molecule has 0 saturated heterocycles. The Balaban J connectivity index is 2.31. The van der Waals surface area contributed by atoms with Crippen molar-refractivity contribution in [2.45, 2.75) is 13.8 Å². The summed E-state index contributed by atoms with van der Waals surface area (Å²) in [5.41, 5.74) is 5.70. The SMILES string of the molecule is Cc1cc(C)c2nc(-c3ccccc3)cc(Br)c2c1. The third-order valence-corrected chi connectivity index (χ3v) is 3.92. The molecule has 3 aromatic rings. The first-order valence-electron chi connectivity index (χ1n) is 6.28. The minimum absolute atomic E-state index is 1.01. The van der Waals surface area contributed by atoms with E-state index in [0.29, 0.717) is 0 Å². The maximum absolute atomic E-state index is 4.82. The van der Waals surface area contributed by atoms with E-state index in [0.717, 1.165) is 21.2 Å². The second-order valence-electron chi connectivity index (χ2n) is 4.83. The Morgan fingerprint density at radius 1 is 0.947 bits per heavy atom. The van der Waals surface area contributed by atoms with Crippen molar-refractivity contribution in [1.82, 2.24) is 4.98 Å². The molecule has 94 valence electrons. The predicted molar refractivity (Wildman–Crippen MR) is 84.4 cm³/mol. The van der Waals surface area contributed by atoms with E-state index < -0.39 is 0 Å². The van der Waals surface area contributed by atoms with E-state index in [9.17, 15) is 0 Å². The molecule has 0 aliphatic rings. The molecule has 0 fully saturated rings. The van der Waals surface area contributed by atoms with Gasteiger partial charge in [-0.25, -0.2) is 4.98 Å². The van der Waals surface area contributed by atoms with Gasteiger partial charge in [0.25, 0.3) is 0 Å². The maximum Gasteiger partial charge on any atom is 0.0750 e. The molecule has 2 aromatic carbocycles. The molecular weight excluding hydrogens is 298 g/mol. The van der Waals surface area contributed by atoms with Gasteiger partial charge in [0.2, 0.25) is 0 Å². The Morgan fingerprint density at radius 3 is 2.42 bits per heavy atom. The molecule has 1 heterocycles. The summed E-state index contributed by atoms with van der Waals surface area (Å²) in [5, 5.41) is 1.18. The predicted octanol–water partition coefficient (Wildman–Crippen LogP) is 5.28. The first-order chi connectivity index (χ1) is 9.15. The van der Waals surface area contributed by atoms with Crippen molar-refractivity contribution < 1.29 is 0 Å². The summed E-state index contributed by atoms with van der Waals surface area (Å²) in [6, 6.07) is 16.7. The number of halogens is 1. The van der Waals surface area contributed by atoms with Crippen LogP contribution in [0.15, 0.2) is 53.0 Å². The molecule has 0 radical (unpaired) electrons. The highest BCUT2D eigenvalue weighted by molar-refractivity contribution is 9.10. The average Bonchev–Trinajstić information content (AvgIpc) is 2.41. The maximum atomic E-state index is 4.82. The van der Waals surface area contributed by atoms with Gasteiger partial charge in [0, 0.05) is 15.4 Å². The lowest BCUT2D eigenvalue weighted by molar-refractivity contribution is 1.33. The number of aryl methyl sites for hydroxylation is 2. The third-order valence-electron chi connectivity index (χ3n) is 3.27. The fourth-order valence-corrected chi connectivity index (χ4v) is 2.92. The van der Waals surface area contributed by atoms with Crippen LogP contribution in [0.25, 0.3) is 22.2 Å². The molecule has 0 aliphatic heterocycles. The minimum atomic E-state index is 1.01. The normalized spacial score (nSPS) is 10.9. The van der Waals surface area contributed by atoms with Gasteiger partial charge in [-0.3, -0.25) is 0 Å². The van der Waals surface area contributed by atoms with Crippen molar-refractivity contribution in [3.63, 3.8) is 0 Å². The molecule has 0 N–H and O–H groups in total. The van der Waals surface area contributed by atoms with Gasteiger partial charge in [-0.15, -0.1) is 0 Å². The van der Waals surface area contributed by atoms with Crippen LogP contribution in [0.1, 0.15) is 11.1 Å². The summed E-state index contributed by atoms with van der Waals surface area (Å²) < 4.78 is 1.10. The summed E-state index contributed by atoms with van der Waals surface area (Å²) in [5.74, 6) is 0. The van der Waals surface area contributed by atoms with Crippen molar-refractivity contribution >= 4 is 26.8 Å². The number of aromatic nitrogens is 1. The topological polar surface area (TPSA) is 12.9 Å². The van der Waals surface area contributed by atoms with E-state index in [1.54, 1.807) is 0 Å². The summed E-state index contributed by atoms with van der Waals surface area (Å²) in [6.07, 6.45) is 0. The molecule has 0 unspecified atom stereocenters. The number of benzene rings is 2. The monoisotopic (exact) mass is 311 g/mol. The average molecular weight is 312 g/mol. The highest BCUT2D eigenvalue weighted by Gasteiger charge is 2.08. The molecule has 0 saturated carbocycles. The van der Waals surface area contributed by atoms with Crippen molar-refractivity contribution in [2.24, 2.45) is 0 Å². The molecule has 0 spiro atoms. The van der Waals surface area contributed by atoms with Crippen LogP contribution < -0.4 is 0 Å². The molecule has 2 heteroatoms. The van der Waals surface area contributed by atoms with Crippen LogP contribution in [0.2, 0.25) is 0 Å². The van der Waals surface area contributed by atoms with Crippen molar-refractivity contribution in [1.29, 1.82) is 0 Å². The van der Waals surface area contributed by atoms with Crippen molar-refractivity contribution in [3.8, 4) is 11.3 Å². The molecule has 19 heavy (non-hydrogen) atoms. The fraction of sp³-hybridized carbons (Fsp3) is 0.118.